The normalized spacial score (nSPS) is 12.4. The molecule has 0 amide bonds. The quantitative estimate of drug-likeness (QED) is 0.780. The monoisotopic (exact) mass is 289 g/mol. The molecule has 110 valence electrons. The van der Waals surface area contributed by atoms with E-state index in [0.29, 0.717) is 12.4 Å². The van der Waals surface area contributed by atoms with E-state index in [4.69, 9.17) is 5.73 Å². The van der Waals surface area contributed by atoms with E-state index >= 15 is 0 Å². The van der Waals surface area contributed by atoms with Crippen molar-refractivity contribution in [1.29, 1.82) is 0 Å². The fraction of sp³-hybridized carbons (Fsp3) is 0.727. The van der Waals surface area contributed by atoms with Crippen molar-refractivity contribution in [3.8, 4) is 0 Å². The number of nitrogen functional groups attached to an aromatic ring is 1. The van der Waals surface area contributed by atoms with Crippen molar-refractivity contribution in [3.63, 3.8) is 0 Å². The first-order chi connectivity index (χ1) is 8.62. The molecule has 3 N–H and O–H groups in total. The van der Waals surface area contributed by atoms with Crippen LogP contribution in [0.2, 0.25) is 0 Å². The largest absolute Gasteiger partial charge is 0.383 e. The van der Waals surface area contributed by atoms with Crippen molar-refractivity contribution in [1.82, 2.24) is 14.7 Å². The molecule has 0 aromatic carbocycles. The maximum absolute atomic E-state index is 11.8. The van der Waals surface area contributed by atoms with Crippen LogP contribution in [0.3, 0.4) is 0 Å². The Bertz CT molecular complexity index is 534. The van der Waals surface area contributed by atoms with Gasteiger partial charge in [0.1, 0.15) is 5.82 Å². The highest BCUT2D eigenvalue weighted by Gasteiger charge is 2.24. The summed E-state index contributed by atoms with van der Waals surface area (Å²) in [6, 6.07) is 0.0806. The Hall–Kier alpha value is -1.28. The number of nitrogens with zero attached hydrogens (tertiary/aromatic N) is 3. The van der Waals surface area contributed by atoms with Crippen LogP contribution < -0.4 is 11.1 Å². The van der Waals surface area contributed by atoms with Crippen molar-refractivity contribution in [3.05, 3.63) is 0 Å². The number of nitrogens with one attached hydrogen (secondary N) is 1. The van der Waals surface area contributed by atoms with Gasteiger partial charge in [-0.1, -0.05) is 0 Å². The van der Waals surface area contributed by atoms with Crippen LogP contribution in [0.5, 0.6) is 0 Å². The van der Waals surface area contributed by atoms with Gasteiger partial charge in [-0.05, 0) is 27.9 Å². The Morgan fingerprint density at radius 3 is 2.42 bits per heavy atom. The molecule has 0 fully saturated rings. The molecule has 0 saturated heterocycles. The predicted octanol–water partition coefficient (Wildman–Crippen LogP) is 0.251. The van der Waals surface area contributed by atoms with Gasteiger partial charge in [0, 0.05) is 18.8 Å². The minimum absolute atomic E-state index is 0.0806. The first-order valence-corrected chi connectivity index (χ1v) is 7.99. The summed E-state index contributed by atoms with van der Waals surface area (Å²) in [5.74, 6) is 0.515. The minimum Gasteiger partial charge on any atom is -0.383 e. The number of aromatic nitrogens is 2. The highest BCUT2D eigenvalue weighted by molar-refractivity contribution is 7.91. The summed E-state index contributed by atoms with van der Waals surface area (Å²) < 4.78 is 25.2. The first-order valence-electron chi connectivity index (χ1n) is 6.10. The summed E-state index contributed by atoms with van der Waals surface area (Å²) in [5.41, 5.74) is 5.92. The maximum Gasteiger partial charge on any atom is 0.182 e. The third kappa shape index (κ3) is 4.10. The molecular formula is C11H23N5O2S. The van der Waals surface area contributed by atoms with Gasteiger partial charge in [0.15, 0.2) is 20.6 Å². The van der Waals surface area contributed by atoms with Gasteiger partial charge in [-0.3, -0.25) is 0 Å². The Kier molecular flexibility index (Phi) is 4.81. The molecule has 0 atom stereocenters. The molecule has 8 heteroatoms. The molecule has 0 bridgehead atoms. The van der Waals surface area contributed by atoms with E-state index in [1.165, 1.54) is 4.68 Å². The number of likely N-dealkylation sites (N-methyl/N-ethyl adjacent to an activating group) is 1. The highest BCUT2D eigenvalue weighted by Crippen LogP contribution is 2.27. The lowest BCUT2D eigenvalue weighted by Crippen LogP contribution is -2.20. The summed E-state index contributed by atoms with van der Waals surface area (Å²) in [5, 5.41) is 7.29. The molecule has 0 radical (unpaired) electrons. The van der Waals surface area contributed by atoms with E-state index in [9.17, 15) is 8.42 Å². The van der Waals surface area contributed by atoms with Crippen LogP contribution in [-0.2, 0) is 16.4 Å². The highest BCUT2D eigenvalue weighted by atomic mass is 32.2. The number of rotatable bonds is 6. The summed E-state index contributed by atoms with van der Waals surface area (Å²) in [6.45, 7) is 5.11. The van der Waals surface area contributed by atoms with Gasteiger partial charge in [-0.15, -0.1) is 0 Å². The van der Waals surface area contributed by atoms with Gasteiger partial charge in [0.25, 0.3) is 0 Å². The fourth-order valence-electron chi connectivity index (χ4n) is 1.66. The Balaban J connectivity index is 3.19. The van der Waals surface area contributed by atoms with Gasteiger partial charge in [0.05, 0.1) is 6.54 Å². The van der Waals surface area contributed by atoms with E-state index in [2.05, 4.69) is 10.4 Å². The van der Waals surface area contributed by atoms with Crippen LogP contribution in [0.25, 0.3) is 0 Å². The minimum atomic E-state index is -3.41. The fourth-order valence-corrected chi connectivity index (χ4v) is 2.59. The molecule has 7 nitrogen and oxygen atoms in total. The van der Waals surface area contributed by atoms with Crippen molar-refractivity contribution in [2.45, 2.75) is 31.3 Å². The molecular weight excluding hydrogens is 266 g/mol. The number of hydrogen-bond donors (Lipinski definition) is 2. The van der Waals surface area contributed by atoms with E-state index < -0.39 is 9.84 Å². The second-order valence-electron chi connectivity index (χ2n) is 5.16. The molecule has 1 aromatic heterocycles. The lowest BCUT2D eigenvalue weighted by molar-refractivity contribution is 0.375. The van der Waals surface area contributed by atoms with Crippen LogP contribution in [0.15, 0.2) is 4.90 Å². The van der Waals surface area contributed by atoms with Crippen molar-refractivity contribution < 1.29 is 8.42 Å². The molecule has 1 heterocycles. The van der Waals surface area contributed by atoms with Crippen LogP contribution >= 0.6 is 0 Å². The van der Waals surface area contributed by atoms with Gasteiger partial charge in [0.2, 0.25) is 0 Å². The number of sulfone groups is 1. The average Bonchev–Trinajstić information content (AvgIpc) is 2.50. The lowest BCUT2D eigenvalue weighted by atomic mass is 10.4. The van der Waals surface area contributed by atoms with Crippen molar-refractivity contribution in [2.75, 3.05) is 37.9 Å². The standard InChI is InChI=1S/C11H23N5O2S/c1-8(2)13-11-9(19(5,17)18)10(12)16(14-11)7-6-15(3)4/h8H,6-7,12H2,1-5H3,(H,13,14). The zero-order chi connectivity index (χ0) is 14.8. The zero-order valence-corrected chi connectivity index (χ0v) is 13.0. The van der Waals surface area contributed by atoms with Gasteiger partial charge >= 0.3 is 0 Å². The van der Waals surface area contributed by atoms with Crippen LogP contribution in [0.1, 0.15) is 13.8 Å². The summed E-state index contributed by atoms with van der Waals surface area (Å²) in [6.07, 6.45) is 1.14. The van der Waals surface area contributed by atoms with Crippen LogP contribution in [0.4, 0.5) is 11.6 Å². The molecule has 19 heavy (non-hydrogen) atoms. The molecule has 0 spiro atoms. The molecule has 0 aliphatic carbocycles. The Morgan fingerprint density at radius 1 is 1.42 bits per heavy atom. The van der Waals surface area contributed by atoms with Crippen molar-refractivity contribution >= 4 is 21.5 Å². The number of anilines is 2. The van der Waals surface area contributed by atoms with E-state index in [1.807, 2.05) is 32.8 Å². The second-order valence-corrected chi connectivity index (χ2v) is 7.11. The molecule has 0 unspecified atom stereocenters. The number of nitrogens with two attached hydrogens (primary N) is 1. The van der Waals surface area contributed by atoms with Crippen LogP contribution in [-0.4, -0.2) is 56.0 Å². The SMILES string of the molecule is CC(C)Nc1nn(CCN(C)C)c(N)c1S(C)(=O)=O. The summed E-state index contributed by atoms with van der Waals surface area (Å²) in [4.78, 5) is 2.07. The van der Waals surface area contributed by atoms with E-state index in [-0.39, 0.29) is 16.8 Å². The summed E-state index contributed by atoms with van der Waals surface area (Å²) >= 11 is 0. The Labute approximate surface area is 114 Å². The van der Waals surface area contributed by atoms with Gasteiger partial charge in [-0.2, -0.15) is 5.10 Å². The van der Waals surface area contributed by atoms with E-state index in [0.717, 1.165) is 12.8 Å². The smallest absolute Gasteiger partial charge is 0.182 e. The summed E-state index contributed by atoms with van der Waals surface area (Å²) in [7, 11) is 0.458. The maximum atomic E-state index is 11.8. The van der Waals surface area contributed by atoms with E-state index in [1.54, 1.807) is 0 Å². The molecule has 0 saturated carbocycles. The zero-order valence-electron chi connectivity index (χ0n) is 12.1. The molecule has 0 aliphatic rings. The van der Waals surface area contributed by atoms with Crippen LogP contribution in [0, 0.1) is 0 Å². The first kappa shape index (κ1) is 15.8. The van der Waals surface area contributed by atoms with Gasteiger partial charge < -0.3 is 16.0 Å². The molecule has 1 rings (SSSR count). The topological polar surface area (TPSA) is 93.2 Å². The average molecular weight is 289 g/mol. The van der Waals surface area contributed by atoms with Gasteiger partial charge in [-0.25, -0.2) is 13.1 Å². The molecule has 1 aromatic rings. The lowest BCUT2D eigenvalue weighted by Gasteiger charge is -2.10. The van der Waals surface area contributed by atoms with Crippen molar-refractivity contribution in [2.24, 2.45) is 0 Å². The Morgan fingerprint density at radius 2 is 2.00 bits per heavy atom. The third-order valence-corrected chi connectivity index (χ3v) is 3.65. The predicted molar refractivity (Wildman–Crippen MR) is 77.1 cm³/mol. The second kappa shape index (κ2) is 5.79. The number of hydrogen-bond acceptors (Lipinski definition) is 6. The molecule has 0 aliphatic heterocycles. The third-order valence-electron chi connectivity index (χ3n) is 2.50.